The van der Waals surface area contributed by atoms with E-state index >= 15 is 0 Å². The lowest BCUT2D eigenvalue weighted by molar-refractivity contribution is -0.140. The third-order valence-electron chi connectivity index (χ3n) is 9.38. The van der Waals surface area contributed by atoms with E-state index < -0.39 is 63.7 Å². The van der Waals surface area contributed by atoms with Gasteiger partial charge in [0.2, 0.25) is 11.8 Å². The van der Waals surface area contributed by atoms with Crippen LogP contribution in [0.5, 0.6) is 0 Å². The van der Waals surface area contributed by atoms with Crippen LogP contribution in [0.1, 0.15) is 56.1 Å². The van der Waals surface area contributed by atoms with E-state index in [0.717, 1.165) is 24.0 Å². The molecule has 0 unspecified atom stereocenters. The molecule has 2 aromatic rings. The van der Waals surface area contributed by atoms with Crippen LogP contribution in [0.25, 0.3) is 0 Å². The molecule has 4 amide bonds. The van der Waals surface area contributed by atoms with Gasteiger partial charge in [0.25, 0.3) is 5.91 Å². The van der Waals surface area contributed by atoms with Gasteiger partial charge in [-0.1, -0.05) is 60.9 Å². The summed E-state index contributed by atoms with van der Waals surface area (Å²) < 4.78 is 36.0. The van der Waals surface area contributed by atoms with Crippen molar-refractivity contribution in [3.63, 3.8) is 0 Å². The highest BCUT2D eigenvalue weighted by atomic mass is 35.5. The first kappa shape index (κ1) is 36.4. The summed E-state index contributed by atoms with van der Waals surface area (Å²) >= 11 is 5.89. The van der Waals surface area contributed by atoms with Crippen molar-refractivity contribution in [2.45, 2.75) is 81.8 Å². The number of rotatable bonds is 5. The number of anilines is 1. The van der Waals surface area contributed by atoms with Crippen LogP contribution in [-0.4, -0.2) is 72.3 Å². The Morgan fingerprint density at radius 1 is 1.02 bits per heavy atom. The van der Waals surface area contributed by atoms with Crippen LogP contribution in [-0.2, 0) is 42.4 Å². The third kappa shape index (κ3) is 8.31. The summed E-state index contributed by atoms with van der Waals surface area (Å²) in [5, 5.41) is 3.19. The van der Waals surface area contributed by atoms with Crippen molar-refractivity contribution < 1.29 is 44.7 Å². The molecule has 2 fully saturated rings. The van der Waals surface area contributed by atoms with Crippen LogP contribution in [0.3, 0.4) is 0 Å². The van der Waals surface area contributed by atoms with Crippen LogP contribution in [0, 0.1) is 5.92 Å². The summed E-state index contributed by atoms with van der Waals surface area (Å²) in [4.78, 5) is 57.3. The van der Waals surface area contributed by atoms with Gasteiger partial charge < -0.3 is 33.1 Å². The molecule has 4 aliphatic rings. The summed E-state index contributed by atoms with van der Waals surface area (Å²) in [7, 11) is -4.39. The van der Waals surface area contributed by atoms with Crippen molar-refractivity contribution in [1.29, 1.82) is 0 Å². The van der Waals surface area contributed by atoms with Gasteiger partial charge in [-0.05, 0) is 61.1 Å². The van der Waals surface area contributed by atoms with Gasteiger partial charge in [-0.15, -0.1) is 0 Å². The maximum Gasteiger partial charge on any atom is 0.410 e. The van der Waals surface area contributed by atoms with E-state index in [1.807, 2.05) is 36.4 Å². The number of hydrogen-bond donors (Lipinski definition) is 4. The van der Waals surface area contributed by atoms with Gasteiger partial charge in [-0.2, -0.15) is 8.42 Å². The summed E-state index contributed by atoms with van der Waals surface area (Å²) in [6.07, 6.45) is 6.06. The minimum atomic E-state index is -4.39. The number of halogens is 2. The van der Waals surface area contributed by atoms with Crippen molar-refractivity contribution in [3.05, 3.63) is 76.8 Å². The van der Waals surface area contributed by atoms with Gasteiger partial charge in [0.05, 0.1) is 18.3 Å². The molecule has 1 saturated heterocycles. The lowest BCUT2D eigenvalue weighted by Gasteiger charge is -2.28. The van der Waals surface area contributed by atoms with Crippen molar-refractivity contribution in [1.82, 2.24) is 19.8 Å². The predicted molar refractivity (Wildman–Crippen MR) is 177 cm³/mol. The molecule has 13 nitrogen and oxygen atoms in total. The molecule has 3 aliphatic heterocycles. The van der Waals surface area contributed by atoms with Crippen molar-refractivity contribution in [3.8, 4) is 0 Å². The second-order valence-corrected chi connectivity index (χ2v) is 14.7. The van der Waals surface area contributed by atoms with Gasteiger partial charge in [-0.3, -0.25) is 24.0 Å². The first-order chi connectivity index (χ1) is 22.9. The highest BCUT2D eigenvalue weighted by molar-refractivity contribution is 7.91. The number of nitrogens with zero attached hydrogens (tertiary/aromatic N) is 2. The number of carbonyl (C=O) groups is 4. The van der Waals surface area contributed by atoms with Crippen LogP contribution >= 0.6 is 11.6 Å². The van der Waals surface area contributed by atoms with E-state index in [-0.39, 0.29) is 37.5 Å². The first-order valence-corrected chi connectivity index (χ1v) is 18.0. The highest BCUT2D eigenvalue weighted by Crippen LogP contribution is 2.45. The summed E-state index contributed by atoms with van der Waals surface area (Å²) in [5.74, 6) is -2.50. The van der Waals surface area contributed by atoms with Crippen LogP contribution in [0.4, 0.5) is 10.5 Å². The number of fused-ring (bicyclic) bond motifs is 3. The Hall–Kier alpha value is -3.85. The molecule has 1 aliphatic carbocycles. The topological polar surface area (TPSA) is 180 Å². The predicted octanol–water partition coefficient (Wildman–Crippen LogP) is -0.0387. The van der Waals surface area contributed by atoms with Gasteiger partial charge in [0, 0.05) is 30.5 Å². The average Bonchev–Trinajstić information content (AvgIpc) is 3.35. The van der Waals surface area contributed by atoms with E-state index in [0.29, 0.717) is 37.4 Å². The minimum absolute atomic E-state index is 0. The molecular formula is C33H39Cl2N6O7S-. The molecule has 3 heterocycles. The van der Waals surface area contributed by atoms with E-state index in [1.54, 1.807) is 4.90 Å². The molecule has 6 rings (SSSR count). The zero-order valence-corrected chi connectivity index (χ0v) is 29.0. The molecule has 5 N–H and O–H groups in total. The summed E-state index contributed by atoms with van der Waals surface area (Å²) in [6, 6.07) is 11.6. The van der Waals surface area contributed by atoms with Gasteiger partial charge in [0.1, 0.15) is 17.7 Å². The Bertz CT molecular complexity index is 1700. The number of carbonyl (C=O) groups excluding carboxylic acids is 4. The number of nitrogens with two attached hydrogens (primary N) is 1. The molecule has 0 aromatic heterocycles. The van der Waals surface area contributed by atoms with E-state index in [9.17, 15) is 27.6 Å². The molecule has 0 spiro atoms. The van der Waals surface area contributed by atoms with Crippen LogP contribution in [0.2, 0.25) is 5.02 Å². The van der Waals surface area contributed by atoms with Gasteiger partial charge >= 0.3 is 16.3 Å². The zero-order valence-electron chi connectivity index (χ0n) is 26.6. The smallest absolute Gasteiger partial charge is 0.410 e. The SMILES string of the molecule is N[C@H]1CCCCC/C=C\[C@@H]2C[C@@]2(C(=O)NS(=O)(=O)Nc2ccc(Cl)cc2)NC(=O)[C@@H]2C[C@@H](OC(=O)N3Cc4ccccc4C3)CN2C1=O.[Cl-]. The highest BCUT2D eigenvalue weighted by Gasteiger charge is 2.61. The van der Waals surface area contributed by atoms with E-state index in [2.05, 4.69) is 14.8 Å². The molecule has 5 atom stereocenters. The maximum atomic E-state index is 14.0. The summed E-state index contributed by atoms with van der Waals surface area (Å²) in [6.45, 7) is 0.738. The molecule has 1 saturated carbocycles. The molecule has 49 heavy (non-hydrogen) atoms. The van der Waals surface area contributed by atoms with Crippen molar-refractivity contribution in [2.24, 2.45) is 11.7 Å². The largest absolute Gasteiger partial charge is 1.00 e. The number of benzene rings is 2. The van der Waals surface area contributed by atoms with E-state index in [4.69, 9.17) is 22.1 Å². The van der Waals surface area contributed by atoms with Crippen molar-refractivity contribution in [2.75, 3.05) is 11.3 Å². The van der Waals surface area contributed by atoms with Crippen LogP contribution < -0.4 is 32.9 Å². The second kappa shape index (κ2) is 15.0. The molecule has 0 radical (unpaired) electrons. The Kier molecular flexibility index (Phi) is 11.1. The number of hydrogen-bond acceptors (Lipinski definition) is 8. The molecule has 16 heteroatoms. The quantitative estimate of drug-likeness (QED) is 0.309. The molecule has 0 bridgehead atoms. The Morgan fingerprint density at radius 3 is 2.41 bits per heavy atom. The fourth-order valence-corrected chi connectivity index (χ4v) is 7.70. The Labute approximate surface area is 296 Å². The van der Waals surface area contributed by atoms with Crippen molar-refractivity contribution >= 4 is 51.3 Å². The van der Waals surface area contributed by atoms with Gasteiger partial charge in [-0.25, -0.2) is 9.52 Å². The Morgan fingerprint density at radius 2 is 1.71 bits per heavy atom. The zero-order chi connectivity index (χ0) is 34.1. The molecule has 264 valence electrons. The van der Waals surface area contributed by atoms with Gasteiger partial charge in [0.15, 0.2) is 0 Å². The number of nitrogens with one attached hydrogen (secondary N) is 3. The average molecular weight is 735 g/mol. The van der Waals surface area contributed by atoms with E-state index in [1.165, 1.54) is 29.2 Å². The van der Waals surface area contributed by atoms with Crippen LogP contribution in [0.15, 0.2) is 60.7 Å². The second-order valence-electron chi connectivity index (χ2n) is 12.9. The first-order valence-electron chi connectivity index (χ1n) is 16.1. The lowest BCUT2D eigenvalue weighted by Crippen LogP contribution is -3.00. The monoisotopic (exact) mass is 733 g/mol. The fraction of sp³-hybridized carbons (Fsp3) is 0.455. The normalized spacial score (nSPS) is 27.6. The third-order valence-corrected chi connectivity index (χ3v) is 10.6. The minimum Gasteiger partial charge on any atom is -1.00 e. The lowest BCUT2D eigenvalue weighted by atomic mass is 10.1. The molecule has 2 aromatic carbocycles. The standard InChI is InChI=1S/C33H39ClN6O7S.ClH/c34-24-12-14-25(15-13-24)37-48(45,46)38-31(43)33-17-23(33)10-4-2-1-3-5-11-27(35)30(42)40-20-26(16-28(40)29(41)36-33)47-32(44)39-18-21-8-6-7-9-22(21)19-39;/h4,6-10,12-15,23,26-28,37H,1-3,5,11,16-20,35H2,(H,36,41)(H,38,43);1H/p-1/b10-4-;/t23-,26-,27+,28+,33-;/m1./s1. The molecular weight excluding hydrogens is 695 g/mol. The Balaban J connectivity index is 0.00000468. The summed E-state index contributed by atoms with van der Waals surface area (Å²) in [5.41, 5.74) is 6.97. The fourth-order valence-electron chi connectivity index (χ4n) is 6.65. The maximum absolute atomic E-state index is 14.0. The number of amides is 4. The number of allylic oxidation sites excluding steroid dienone is 1. The number of ether oxygens (including phenoxy) is 1.